The largest absolute Gasteiger partial charge is 0.574 e. The first kappa shape index (κ1) is 10.3. The summed E-state index contributed by atoms with van der Waals surface area (Å²) in [6.07, 6.45) is -3.46. The molecule has 1 aromatic heterocycles. The molecule has 0 bridgehead atoms. The Labute approximate surface area is 80.9 Å². The van der Waals surface area contributed by atoms with E-state index in [0.717, 1.165) is 0 Å². The van der Waals surface area contributed by atoms with Crippen molar-refractivity contribution in [3.63, 3.8) is 0 Å². The minimum atomic E-state index is -4.70. The van der Waals surface area contributed by atoms with E-state index >= 15 is 0 Å². The van der Waals surface area contributed by atoms with Gasteiger partial charge in [0, 0.05) is 16.2 Å². The fraction of sp³-hybridized carbons (Fsp3) is 0.286. The van der Waals surface area contributed by atoms with Gasteiger partial charge >= 0.3 is 6.36 Å². The maximum absolute atomic E-state index is 11.8. The van der Waals surface area contributed by atoms with Crippen molar-refractivity contribution in [1.82, 2.24) is 4.98 Å². The molecule has 0 spiro atoms. The number of ether oxygens (including phenoxy) is 1. The number of hydrogen-bond acceptors (Lipinski definition) is 2. The molecule has 0 radical (unpaired) electrons. The third kappa shape index (κ3) is 2.87. The summed E-state index contributed by atoms with van der Waals surface area (Å²) in [5, 5.41) is 0. The van der Waals surface area contributed by atoms with Crippen LogP contribution in [-0.4, -0.2) is 11.3 Å². The number of nitrogens with zero attached hydrogens (tertiary/aromatic N) is 1. The molecule has 1 rings (SSSR count). The molecule has 0 N–H and O–H groups in total. The summed E-state index contributed by atoms with van der Waals surface area (Å²) in [6.45, 7) is 1.48. The third-order valence-corrected chi connectivity index (χ3v) is 2.16. The molecular formula is C7H5BrF3NO. The Morgan fingerprint density at radius 1 is 1.46 bits per heavy atom. The van der Waals surface area contributed by atoms with E-state index in [9.17, 15) is 13.2 Å². The monoisotopic (exact) mass is 255 g/mol. The van der Waals surface area contributed by atoms with Crippen LogP contribution in [0.1, 0.15) is 5.56 Å². The van der Waals surface area contributed by atoms with E-state index < -0.39 is 12.2 Å². The lowest BCUT2D eigenvalue weighted by molar-refractivity contribution is -0.276. The Bertz CT molecular complexity index is 313. The van der Waals surface area contributed by atoms with Gasteiger partial charge in [0.2, 0.25) is 5.88 Å². The normalized spacial score (nSPS) is 11.5. The summed E-state index contributed by atoms with van der Waals surface area (Å²) < 4.78 is 39.5. The molecule has 0 aliphatic heterocycles. The molecule has 0 atom stereocenters. The highest BCUT2D eigenvalue weighted by atomic mass is 79.9. The number of halogens is 4. The third-order valence-electron chi connectivity index (χ3n) is 1.30. The van der Waals surface area contributed by atoms with Gasteiger partial charge in [-0.3, -0.25) is 0 Å². The van der Waals surface area contributed by atoms with Crippen molar-refractivity contribution < 1.29 is 17.9 Å². The number of hydrogen-bond donors (Lipinski definition) is 0. The first-order valence-electron chi connectivity index (χ1n) is 3.27. The fourth-order valence-corrected chi connectivity index (χ4v) is 0.995. The van der Waals surface area contributed by atoms with Crippen molar-refractivity contribution in [3.05, 3.63) is 22.3 Å². The smallest absolute Gasteiger partial charge is 0.388 e. The van der Waals surface area contributed by atoms with Crippen LogP contribution >= 0.6 is 15.9 Å². The van der Waals surface area contributed by atoms with Crippen LogP contribution in [0.3, 0.4) is 0 Å². The summed E-state index contributed by atoms with van der Waals surface area (Å²) in [5.74, 6) is -0.429. The topological polar surface area (TPSA) is 22.1 Å². The maximum atomic E-state index is 11.8. The summed E-state index contributed by atoms with van der Waals surface area (Å²) in [7, 11) is 0. The predicted molar refractivity (Wildman–Crippen MR) is 43.4 cm³/mol. The van der Waals surface area contributed by atoms with Crippen molar-refractivity contribution in [2.24, 2.45) is 0 Å². The Morgan fingerprint density at radius 3 is 2.62 bits per heavy atom. The van der Waals surface area contributed by atoms with E-state index in [1.807, 2.05) is 0 Å². The second-order valence-electron chi connectivity index (χ2n) is 2.27. The predicted octanol–water partition coefficient (Wildman–Crippen LogP) is 3.05. The lowest BCUT2D eigenvalue weighted by Gasteiger charge is -2.10. The van der Waals surface area contributed by atoms with Crippen LogP contribution < -0.4 is 4.74 Å². The van der Waals surface area contributed by atoms with Gasteiger partial charge in [0.1, 0.15) is 0 Å². The second kappa shape index (κ2) is 3.53. The number of pyridine rings is 1. The summed E-state index contributed by atoms with van der Waals surface area (Å²) >= 11 is 3.07. The average molecular weight is 256 g/mol. The number of aromatic nitrogens is 1. The summed E-state index contributed by atoms with van der Waals surface area (Å²) in [4.78, 5) is 3.45. The lowest BCUT2D eigenvalue weighted by Crippen LogP contribution is -2.18. The van der Waals surface area contributed by atoms with Crippen LogP contribution in [0, 0.1) is 6.92 Å². The molecular weight excluding hydrogens is 251 g/mol. The zero-order valence-corrected chi connectivity index (χ0v) is 8.11. The minimum absolute atomic E-state index is 0.319. The van der Waals surface area contributed by atoms with Crippen molar-refractivity contribution in [3.8, 4) is 5.88 Å². The van der Waals surface area contributed by atoms with Gasteiger partial charge in [-0.15, -0.1) is 13.2 Å². The molecule has 1 heterocycles. The van der Waals surface area contributed by atoms with Gasteiger partial charge < -0.3 is 4.74 Å². The highest BCUT2D eigenvalue weighted by Gasteiger charge is 2.32. The molecule has 72 valence electrons. The Hall–Kier alpha value is -0.780. The van der Waals surface area contributed by atoms with Gasteiger partial charge in [-0.05, 0) is 13.0 Å². The summed E-state index contributed by atoms with van der Waals surface area (Å²) in [6, 6.07) is 1.54. The highest BCUT2D eigenvalue weighted by Crippen LogP contribution is 2.27. The Kier molecular flexibility index (Phi) is 2.80. The summed E-state index contributed by atoms with van der Waals surface area (Å²) in [5.41, 5.74) is 0.319. The van der Waals surface area contributed by atoms with E-state index in [-0.39, 0.29) is 0 Å². The molecule has 0 aliphatic rings. The quantitative estimate of drug-likeness (QED) is 0.770. The first-order chi connectivity index (χ1) is 5.90. The van der Waals surface area contributed by atoms with E-state index in [0.29, 0.717) is 10.0 Å². The molecule has 0 aliphatic carbocycles. The standard InChI is InChI=1S/C7H5BrF3NO/c1-4-5(8)2-3-12-6(4)13-7(9,10)11/h2-3H,1H3. The van der Waals surface area contributed by atoms with Crippen molar-refractivity contribution in [2.45, 2.75) is 13.3 Å². The van der Waals surface area contributed by atoms with Crippen molar-refractivity contribution in [1.29, 1.82) is 0 Å². The van der Waals surface area contributed by atoms with Crippen LogP contribution in [0.15, 0.2) is 16.7 Å². The molecule has 13 heavy (non-hydrogen) atoms. The van der Waals surface area contributed by atoms with Crippen LogP contribution in [-0.2, 0) is 0 Å². The van der Waals surface area contributed by atoms with Gasteiger partial charge in [-0.25, -0.2) is 4.98 Å². The van der Waals surface area contributed by atoms with Crippen molar-refractivity contribution >= 4 is 15.9 Å². The molecule has 0 saturated carbocycles. The minimum Gasteiger partial charge on any atom is -0.388 e. The zero-order valence-electron chi connectivity index (χ0n) is 6.52. The first-order valence-corrected chi connectivity index (χ1v) is 4.06. The van der Waals surface area contributed by atoms with E-state index in [4.69, 9.17) is 0 Å². The van der Waals surface area contributed by atoms with E-state index in [2.05, 4.69) is 25.7 Å². The average Bonchev–Trinajstić information content (AvgIpc) is 1.96. The van der Waals surface area contributed by atoms with Gasteiger partial charge in [-0.2, -0.15) is 0 Å². The van der Waals surface area contributed by atoms with Gasteiger partial charge in [0.15, 0.2) is 0 Å². The van der Waals surface area contributed by atoms with Gasteiger partial charge in [0.25, 0.3) is 0 Å². The molecule has 6 heteroatoms. The molecule has 2 nitrogen and oxygen atoms in total. The second-order valence-corrected chi connectivity index (χ2v) is 3.13. The van der Waals surface area contributed by atoms with E-state index in [1.54, 1.807) is 6.07 Å². The molecule has 1 aromatic rings. The van der Waals surface area contributed by atoms with Crippen LogP contribution in [0.2, 0.25) is 0 Å². The molecule has 0 aromatic carbocycles. The van der Waals surface area contributed by atoms with E-state index in [1.165, 1.54) is 13.1 Å². The number of alkyl halides is 3. The van der Waals surface area contributed by atoms with Crippen LogP contribution in [0.25, 0.3) is 0 Å². The Balaban J connectivity index is 2.96. The van der Waals surface area contributed by atoms with Crippen LogP contribution in [0.4, 0.5) is 13.2 Å². The highest BCUT2D eigenvalue weighted by molar-refractivity contribution is 9.10. The van der Waals surface area contributed by atoms with Gasteiger partial charge in [-0.1, -0.05) is 15.9 Å². The number of rotatable bonds is 1. The van der Waals surface area contributed by atoms with Crippen molar-refractivity contribution in [2.75, 3.05) is 0 Å². The Morgan fingerprint density at radius 2 is 2.08 bits per heavy atom. The molecule has 0 amide bonds. The maximum Gasteiger partial charge on any atom is 0.574 e. The van der Waals surface area contributed by atoms with Gasteiger partial charge in [0.05, 0.1) is 0 Å². The molecule has 0 saturated heterocycles. The van der Waals surface area contributed by atoms with Crippen LogP contribution in [0.5, 0.6) is 5.88 Å². The molecule has 0 unspecified atom stereocenters. The molecule has 0 fully saturated rings. The lowest BCUT2D eigenvalue weighted by atomic mass is 10.3. The fourth-order valence-electron chi connectivity index (χ4n) is 0.707. The zero-order chi connectivity index (χ0) is 10.1. The SMILES string of the molecule is Cc1c(Br)ccnc1OC(F)(F)F.